The Morgan fingerprint density at radius 3 is 2.79 bits per heavy atom. The minimum Gasteiger partial charge on any atom is -0.361 e. The molecule has 1 aromatic carbocycles. The second-order valence-corrected chi connectivity index (χ2v) is 5.28. The summed E-state index contributed by atoms with van der Waals surface area (Å²) in [4.78, 5) is 17.9. The predicted molar refractivity (Wildman–Crippen MR) is 77.4 cm³/mol. The highest BCUT2D eigenvalue weighted by molar-refractivity contribution is 5.99. The number of aromatic amines is 1. The second kappa shape index (κ2) is 5.08. The molecule has 0 spiro atoms. The molecule has 2 heterocycles. The Morgan fingerprint density at radius 2 is 2.05 bits per heavy atom. The van der Waals surface area contributed by atoms with Crippen molar-refractivity contribution in [3.63, 3.8) is 0 Å². The van der Waals surface area contributed by atoms with Crippen LogP contribution in [0.2, 0.25) is 0 Å². The summed E-state index contributed by atoms with van der Waals surface area (Å²) in [5.74, 6) is 0.208. The molecular weight excluding hydrogens is 236 g/mol. The van der Waals surface area contributed by atoms with Crippen LogP contribution in [0.15, 0.2) is 24.4 Å². The molecule has 1 N–H and O–H groups in total. The van der Waals surface area contributed by atoms with Crippen LogP contribution in [0.5, 0.6) is 0 Å². The van der Waals surface area contributed by atoms with Crippen molar-refractivity contribution < 1.29 is 4.79 Å². The van der Waals surface area contributed by atoms with Crippen LogP contribution in [0.1, 0.15) is 42.1 Å². The molecule has 0 saturated carbocycles. The molecule has 0 unspecified atom stereocenters. The van der Waals surface area contributed by atoms with Gasteiger partial charge in [0.25, 0.3) is 5.91 Å². The van der Waals surface area contributed by atoms with E-state index in [1.165, 1.54) is 6.42 Å². The number of hydrogen-bond donors (Lipinski definition) is 1. The predicted octanol–water partition coefficient (Wildman–Crippen LogP) is 3.36. The van der Waals surface area contributed by atoms with E-state index in [0.29, 0.717) is 0 Å². The standard InChI is InChI=1S/C16H20N2O/c1-2-12-11-15-13(6-7-17-15)10-14(12)16(19)18-8-4-3-5-9-18/h6-7,10-11,17H,2-5,8-9H2,1H3. The first-order valence-electron chi connectivity index (χ1n) is 7.19. The summed E-state index contributed by atoms with van der Waals surface area (Å²) in [5.41, 5.74) is 3.15. The molecule has 100 valence electrons. The lowest BCUT2D eigenvalue weighted by Crippen LogP contribution is -2.36. The number of benzene rings is 1. The van der Waals surface area contributed by atoms with Crippen LogP contribution in [0.25, 0.3) is 10.9 Å². The number of rotatable bonds is 2. The van der Waals surface area contributed by atoms with Gasteiger partial charge < -0.3 is 9.88 Å². The number of fused-ring (bicyclic) bond motifs is 1. The number of likely N-dealkylation sites (tertiary alicyclic amines) is 1. The van der Waals surface area contributed by atoms with Crippen molar-refractivity contribution in [2.45, 2.75) is 32.6 Å². The van der Waals surface area contributed by atoms with E-state index < -0.39 is 0 Å². The van der Waals surface area contributed by atoms with Crippen LogP contribution < -0.4 is 0 Å². The molecule has 2 aromatic rings. The van der Waals surface area contributed by atoms with Gasteiger partial charge in [-0.15, -0.1) is 0 Å². The summed E-state index contributed by atoms with van der Waals surface area (Å²) in [6.07, 6.45) is 6.35. The highest BCUT2D eigenvalue weighted by atomic mass is 16.2. The Balaban J connectivity index is 1.99. The Labute approximate surface area is 113 Å². The van der Waals surface area contributed by atoms with Crippen LogP contribution in [0.3, 0.4) is 0 Å². The largest absolute Gasteiger partial charge is 0.361 e. The molecule has 1 aliphatic rings. The van der Waals surface area contributed by atoms with Gasteiger partial charge in [0.15, 0.2) is 0 Å². The number of nitrogens with zero attached hydrogens (tertiary/aromatic N) is 1. The molecule has 3 heteroatoms. The maximum Gasteiger partial charge on any atom is 0.254 e. The fraction of sp³-hybridized carbons (Fsp3) is 0.438. The van der Waals surface area contributed by atoms with E-state index >= 15 is 0 Å². The van der Waals surface area contributed by atoms with E-state index in [1.807, 2.05) is 23.2 Å². The summed E-state index contributed by atoms with van der Waals surface area (Å²) < 4.78 is 0. The number of carbonyl (C=O) groups is 1. The molecule has 0 radical (unpaired) electrons. The minimum atomic E-state index is 0.208. The summed E-state index contributed by atoms with van der Waals surface area (Å²) in [7, 11) is 0. The molecule has 3 rings (SSSR count). The van der Waals surface area contributed by atoms with Gasteiger partial charge in [0.05, 0.1) is 0 Å². The average Bonchev–Trinajstić information content (AvgIpc) is 2.93. The summed E-state index contributed by atoms with van der Waals surface area (Å²) in [5, 5.41) is 1.12. The van der Waals surface area contributed by atoms with Gasteiger partial charge in [-0.3, -0.25) is 4.79 Å². The second-order valence-electron chi connectivity index (χ2n) is 5.28. The number of H-pyrrole nitrogens is 1. The number of piperidine rings is 1. The summed E-state index contributed by atoms with van der Waals surface area (Å²) in [6, 6.07) is 6.19. The van der Waals surface area contributed by atoms with Crippen molar-refractivity contribution >= 4 is 16.8 Å². The molecule has 0 bridgehead atoms. The third-order valence-electron chi connectivity index (χ3n) is 4.03. The van der Waals surface area contributed by atoms with E-state index in [1.54, 1.807) is 0 Å². The maximum absolute atomic E-state index is 12.7. The minimum absolute atomic E-state index is 0.208. The van der Waals surface area contributed by atoms with Gasteiger partial charge in [-0.1, -0.05) is 6.92 Å². The van der Waals surface area contributed by atoms with E-state index in [-0.39, 0.29) is 5.91 Å². The van der Waals surface area contributed by atoms with E-state index in [9.17, 15) is 4.79 Å². The fourth-order valence-corrected chi connectivity index (χ4v) is 2.90. The lowest BCUT2D eigenvalue weighted by Gasteiger charge is -2.27. The highest BCUT2D eigenvalue weighted by Gasteiger charge is 2.20. The molecule has 1 aromatic heterocycles. The Hall–Kier alpha value is -1.77. The lowest BCUT2D eigenvalue weighted by atomic mass is 10.0. The third-order valence-corrected chi connectivity index (χ3v) is 4.03. The monoisotopic (exact) mass is 256 g/mol. The quantitative estimate of drug-likeness (QED) is 0.878. The van der Waals surface area contributed by atoms with Gasteiger partial charge in [-0.05, 0) is 49.4 Å². The van der Waals surface area contributed by atoms with Gasteiger partial charge in [-0.25, -0.2) is 0 Å². The molecule has 1 fully saturated rings. The Morgan fingerprint density at radius 1 is 1.26 bits per heavy atom. The highest BCUT2D eigenvalue weighted by Crippen LogP contribution is 2.22. The van der Waals surface area contributed by atoms with Crippen molar-refractivity contribution in [1.29, 1.82) is 0 Å². The molecule has 1 aliphatic heterocycles. The molecular formula is C16H20N2O. The number of nitrogens with one attached hydrogen (secondary N) is 1. The first-order valence-corrected chi connectivity index (χ1v) is 7.19. The van der Waals surface area contributed by atoms with Crippen LogP contribution in [-0.4, -0.2) is 28.9 Å². The Bertz CT molecular complexity index is 594. The Kier molecular flexibility index (Phi) is 3.28. The van der Waals surface area contributed by atoms with Gasteiger partial charge in [0.2, 0.25) is 0 Å². The van der Waals surface area contributed by atoms with Gasteiger partial charge in [-0.2, -0.15) is 0 Å². The molecule has 3 nitrogen and oxygen atoms in total. The SMILES string of the molecule is CCc1cc2[nH]ccc2cc1C(=O)N1CCCCC1. The number of carbonyl (C=O) groups excluding carboxylic acids is 1. The normalized spacial score (nSPS) is 15.9. The number of aromatic nitrogens is 1. The molecule has 19 heavy (non-hydrogen) atoms. The maximum atomic E-state index is 12.7. The topological polar surface area (TPSA) is 36.1 Å². The number of hydrogen-bond acceptors (Lipinski definition) is 1. The van der Waals surface area contributed by atoms with E-state index in [4.69, 9.17) is 0 Å². The van der Waals surface area contributed by atoms with Crippen LogP contribution in [0, 0.1) is 0 Å². The zero-order valence-corrected chi connectivity index (χ0v) is 11.4. The van der Waals surface area contributed by atoms with E-state index in [0.717, 1.165) is 54.4 Å². The zero-order chi connectivity index (χ0) is 13.2. The number of aryl methyl sites for hydroxylation is 1. The van der Waals surface area contributed by atoms with E-state index in [2.05, 4.69) is 18.0 Å². The summed E-state index contributed by atoms with van der Waals surface area (Å²) in [6.45, 7) is 3.93. The molecule has 0 atom stereocenters. The first kappa shape index (κ1) is 12.3. The first-order chi connectivity index (χ1) is 9.29. The van der Waals surface area contributed by atoms with Crippen LogP contribution in [0.4, 0.5) is 0 Å². The van der Waals surface area contributed by atoms with Gasteiger partial charge in [0, 0.05) is 35.8 Å². The van der Waals surface area contributed by atoms with Crippen LogP contribution in [-0.2, 0) is 6.42 Å². The lowest BCUT2D eigenvalue weighted by molar-refractivity contribution is 0.0723. The molecule has 1 amide bonds. The van der Waals surface area contributed by atoms with Gasteiger partial charge >= 0.3 is 0 Å². The molecule has 0 aliphatic carbocycles. The van der Waals surface area contributed by atoms with Crippen molar-refractivity contribution in [1.82, 2.24) is 9.88 Å². The van der Waals surface area contributed by atoms with Crippen molar-refractivity contribution in [2.24, 2.45) is 0 Å². The van der Waals surface area contributed by atoms with Crippen molar-refractivity contribution in [2.75, 3.05) is 13.1 Å². The summed E-state index contributed by atoms with van der Waals surface area (Å²) >= 11 is 0. The third kappa shape index (κ3) is 2.25. The van der Waals surface area contributed by atoms with Crippen LogP contribution >= 0.6 is 0 Å². The smallest absolute Gasteiger partial charge is 0.254 e. The van der Waals surface area contributed by atoms with Crippen molar-refractivity contribution in [3.8, 4) is 0 Å². The fourth-order valence-electron chi connectivity index (χ4n) is 2.90. The molecule has 1 saturated heterocycles. The zero-order valence-electron chi connectivity index (χ0n) is 11.4. The van der Waals surface area contributed by atoms with Gasteiger partial charge in [0.1, 0.15) is 0 Å². The number of amides is 1. The van der Waals surface area contributed by atoms with Crippen molar-refractivity contribution in [3.05, 3.63) is 35.5 Å². The average molecular weight is 256 g/mol.